The number of ether oxygens (including phenoxy) is 1. The number of carbonyl (C=O) groups is 2. The number of likely N-dealkylation sites (tertiary alicyclic amines) is 1. The topological polar surface area (TPSA) is 151 Å². The average Bonchev–Trinajstić information content (AvgIpc) is 2.71. The maximum Gasteiger partial charge on any atom is 0.329 e. The van der Waals surface area contributed by atoms with Gasteiger partial charge in [-0.1, -0.05) is 5.10 Å². The lowest BCUT2D eigenvalue weighted by atomic mass is 10.1. The number of aromatic nitrogens is 1. The van der Waals surface area contributed by atoms with Gasteiger partial charge in [0.25, 0.3) is 6.08 Å². The van der Waals surface area contributed by atoms with E-state index in [-0.39, 0.29) is 18.6 Å². The predicted molar refractivity (Wildman–Crippen MR) is 99.3 cm³/mol. The largest absolute Gasteiger partial charge is 0.480 e. The van der Waals surface area contributed by atoms with Crippen LogP contribution < -0.4 is 10.9 Å². The van der Waals surface area contributed by atoms with Crippen LogP contribution >= 0.6 is 0 Å². The van der Waals surface area contributed by atoms with Crippen molar-refractivity contribution >= 4 is 30.0 Å². The molecular weight excluding hydrogens is 368 g/mol. The molecule has 11 nitrogen and oxygen atoms in total. The summed E-state index contributed by atoms with van der Waals surface area (Å²) in [6.07, 6.45) is 5.22. The third kappa shape index (κ3) is 5.60. The molecule has 0 saturated carbocycles. The number of carbonyl (C=O) groups excluding carboxylic acids is 2. The van der Waals surface area contributed by atoms with Crippen LogP contribution in [0.2, 0.25) is 0 Å². The Morgan fingerprint density at radius 1 is 1.50 bits per heavy atom. The maximum atomic E-state index is 12.8. The van der Waals surface area contributed by atoms with Gasteiger partial charge in [-0.2, -0.15) is 5.10 Å². The molecule has 1 aromatic rings. The van der Waals surface area contributed by atoms with Crippen LogP contribution in [0, 0.1) is 0 Å². The van der Waals surface area contributed by atoms with Gasteiger partial charge in [-0.15, -0.1) is 0 Å². The van der Waals surface area contributed by atoms with Crippen LogP contribution in [0.25, 0.3) is 0 Å². The van der Waals surface area contributed by atoms with Crippen molar-refractivity contribution in [1.82, 2.24) is 9.88 Å². The first-order valence-electron chi connectivity index (χ1n) is 8.64. The zero-order valence-electron chi connectivity index (χ0n) is 15.4. The van der Waals surface area contributed by atoms with E-state index in [0.717, 1.165) is 0 Å². The lowest BCUT2D eigenvalue weighted by molar-refractivity contribution is -0.147. The number of hydrazone groups is 2. The lowest BCUT2D eigenvalue weighted by Gasteiger charge is -2.34. The molecule has 0 aromatic carbocycles. The quantitative estimate of drug-likeness (QED) is 0.270. The molecule has 3 N–H and O–H groups in total. The Balaban J connectivity index is 2.02. The Hall–Kier alpha value is -3.30. The number of pyridine rings is 1. The SMILES string of the molecule is C[C@@H](C(=O)N1CCC(OCC(=O)O)CC1)N(N=C=O)c1ccc(/C=N/N)cn1. The van der Waals surface area contributed by atoms with Crippen LogP contribution in [0.5, 0.6) is 0 Å². The van der Waals surface area contributed by atoms with Crippen molar-refractivity contribution in [3.8, 4) is 0 Å². The number of nitrogens with zero attached hydrogens (tertiary/aromatic N) is 5. The summed E-state index contributed by atoms with van der Waals surface area (Å²) in [5.41, 5.74) is 0.656. The van der Waals surface area contributed by atoms with E-state index in [1.807, 2.05) is 0 Å². The van der Waals surface area contributed by atoms with Crippen molar-refractivity contribution in [1.29, 1.82) is 0 Å². The third-order valence-corrected chi connectivity index (χ3v) is 4.30. The molecule has 1 amide bonds. The number of carboxylic acids is 1. The molecule has 2 rings (SSSR count). The number of carboxylic acid groups (broad SMARTS) is 1. The monoisotopic (exact) mass is 390 g/mol. The van der Waals surface area contributed by atoms with Crippen LogP contribution in [0.1, 0.15) is 25.3 Å². The smallest absolute Gasteiger partial charge is 0.329 e. The zero-order chi connectivity index (χ0) is 20.5. The van der Waals surface area contributed by atoms with Gasteiger partial charge in [-0.05, 0) is 31.9 Å². The highest BCUT2D eigenvalue weighted by molar-refractivity contribution is 5.85. The van der Waals surface area contributed by atoms with E-state index < -0.39 is 12.0 Å². The minimum Gasteiger partial charge on any atom is -0.480 e. The van der Waals surface area contributed by atoms with Gasteiger partial charge in [-0.25, -0.2) is 19.6 Å². The van der Waals surface area contributed by atoms with Gasteiger partial charge in [0.05, 0.1) is 12.3 Å². The Morgan fingerprint density at radius 2 is 2.21 bits per heavy atom. The summed E-state index contributed by atoms with van der Waals surface area (Å²) in [5.74, 6) is 4.14. The molecule has 1 aliphatic heterocycles. The summed E-state index contributed by atoms with van der Waals surface area (Å²) < 4.78 is 5.27. The molecule has 1 fully saturated rings. The first-order valence-corrected chi connectivity index (χ1v) is 8.64. The molecule has 0 bridgehead atoms. The molecule has 1 atom stereocenters. The second-order valence-electron chi connectivity index (χ2n) is 6.17. The van der Waals surface area contributed by atoms with Gasteiger partial charge in [0.1, 0.15) is 18.5 Å². The summed E-state index contributed by atoms with van der Waals surface area (Å²) in [6, 6.07) is 2.49. The van der Waals surface area contributed by atoms with E-state index in [2.05, 4.69) is 15.2 Å². The number of hydrogen-bond acceptors (Lipinski definition) is 9. The van der Waals surface area contributed by atoms with Gasteiger partial charge in [0, 0.05) is 24.8 Å². The lowest BCUT2D eigenvalue weighted by Crippen LogP contribution is -2.49. The molecule has 11 heteroatoms. The normalized spacial score (nSPS) is 15.8. The molecule has 1 aromatic heterocycles. The number of piperidine rings is 1. The molecule has 0 aliphatic carbocycles. The molecule has 150 valence electrons. The third-order valence-electron chi connectivity index (χ3n) is 4.30. The second-order valence-corrected chi connectivity index (χ2v) is 6.17. The summed E-state index contributed by atoms with van der Waals surface area (Å²) in [7, 11) is 0. The van der Waals surface area contributed by atoms with Crippen molar-refractivity contribution < 1.29 is 24.2 Å². The number of hydrogen-bond donors (Lipinski definition) is 2. The van der Waals surface area contributed by atoms with E-state index >= 15 is 0 Å². The zero-order valence-corrected chi connectivity index (χ0v) is 15.4. The second kappa shape index (κ2) is 10.1. The van der Waals surface area contributed by atoms with Crippen LogP contribution in [0.4, 0.5) is 5.82 Å². The summed E-state index contributed by atoms with van der Waals surface area (Å²) in [5, 5.41) is 16.9. The fraction of sp³-hybridized carbons (Fsp3) is 0.471. The molecular formula is C17H22N6O5. The van der Waals surface area contributed by atoms with E-state index in [4.69, 9.17) is 15.7 Å². The number of nitrogens with two attached hydrogens (primary N) is 1. The first-order chi connectivity index (χ1) is 13.5. The minimum atomic E-state index is -1.02. The molecule has 2 heterocycles. The molecule has 0 radical (unpaired) electrons. The van der Waals surface area contributed by atoms with Crippen molar-refractivity contribution in [3.05, 3.63) is 23.9 Å². The van der Waals surface area contributed by atoms with Crippen LogP contribution in [-0.2, 0) is 19.1 Å². The van der Waals surface area contributed by atoms with Gasteiger partial charge >= 0.3 is 5.97 Å². The Morgan fingerprint density at radius 3 is 2.75 bits per heavy atom. The first kappa shape index (κ1) is 21.0. The van der Waals surface area contributed by atoms with Crippen molar-refractivity contribution in [2.24, 2.45) is 16.0 Å². The van der Waals surface area contributed by atoms with Crippen molar-refractivity contribution in [3.63, 3.8) is 0 Å². The van der Waals surface area contributed by atoms with Crippen molar-refractivity contribution in [2.75, 3.05) is 24.7 Å². The minimum absolute atomic E-state index is 0.196. The Kier molecular flexibility index (Phi) is 7.61. The highest BCUT2D eigenvalue weighted by atomic mass is 16.5. The van der Waals surface area contributed by atoms with Gasteiger partial charge in [0.15, 0.2) is 0 Å². The number of isocyanates is 1. The van der Waals surface area contributed by atoms with Gasteiger partial charge in [-0.3, -0.25) is 4.79 Å². The Bertz CT molecular complexity index is 754. The van der Waals surface area contributed by atoms with E-state index in [1.54, 1.807) is 24.0 Å². The number of amides is 1. The standard InChI is InChI=1S/C17H22N6O5/c1-12(17(27)22-6-4-14(5-7-22)28-10-16(25)26)23(21-11-24)15-3-2-13(8-19-15)9-20-18/h2-3,8-9,12,14H,4-7,10,18H2,1H3,(H,25,26)/b20-9+/t12-/m0/s1. The molecule has 1 aliphatic rings. The van der Waals surface area contributed by atoms with Crippen LogP contribution in [0.3, 0.4) is 0 Å². The highest BCUT2D eigenvalue weighted by Crippen LogP contribution is 2.19. The Labute approximate surface area is 161 Å². The highest BCUT2D eigenvalue weighted by Gasteiger charge is 2.30. The number of aliphatic carboxylic acids is 1. The van der Waals surface area contributed by atoms with E-state index in [1.165, 1.54) is 23.5 Å². The van der Waals surface area contributed by atoms with Crippen LogP contribution in [-0.4, -0.2) is 71.0 Å². The van der Waals surface area contributed by atoms with Crippen LogP contribution in [0.15, 0.2) is 28.5 Å². The number of anilines is 1. The summed E-state index contributed by atoms with van der Waals surface area (Å²) in [4.78, 5) is 40.1. The van der Waals surface area contributed by atoms with Gasteiger partial charge < -0.3 is 20.6 Å². The maximum absolute atomic E-state index is 12.8. The molecule has 28 heavy (non-hydrogen) atoms. The molecule has 0 unspecified atom stereocenters. The fourth-order valence-electron chi connectivity index (χ4n) is 2.88. The molecule has 0 spiro atoms. The van der Waals surface area contributed by atoms with Gasteiger partial charge in [0.2, 0.25) is 5.91 Å². The molecule has 1 saturated heterocycles. The predicted octanol–water partition coefficient (Wildman–Crippen LogP) is -0.0879. The summed E-state index contributed by atoms with van der Waals surface area (Å²) in [6.45, 7) is 2.11. The summed E-state index contributed by atoms with van der Waals surface area (Å²) >= 11 is 0. The van der Waals surface area contributed by atoms with Crippen molar-refractivity contribution in [2.45, 2.75) is 31.9 Å². The van der Waals surface area contributed by atoms with E-state index in [9.17, 15) is 14.4 Å². The fourth-order valence-corrected chi connectivity index (χ4v) is 2.88. The number of rotatable bonds is 8. The average molecular weight is 390 g/mol. The van der Waals surface area contributed by atoms with E-state index in [0.29, 0.717) is 37.3 Å².